The summed E-state index contributed by atoms with van der Waals surface area (Å²) in [5.41, 5.74) is 1.02. The van der Waals surface area contributed by atoms with Crippen molar-refractivity contribution in [1.82, 2.24) is 9.80 Å². The molecule has 1 unspecified atom stereocenters. The first-order chi connectivity index (χ1) is 11.5. The van der Waals surface area contributed by atoms with Crippen molar-refractivity contribution in [2.24, 2.45) is 0 Å². The maximum Gasteiger partial charge on any atom is 0.290 e. The Morgan fingerprint density at radius 1 is 1.29 bits per heavy atom. The van der Waals surface area contributed by atoms with E-state index in [2.05, 4.69) is 20.8 Å². The minimum atomic E-state index is -0.518. The van der Waals surface area contributed by atoms with Crippen LogP contribution in [0.4, 0.5) is 0 Å². The zero-order valence-electron chi connectivity index (χ0n) is 13.7. The van der Waals surface area contributed by atoms with Gasteiger partial charge in [-0.2, -0.15) is 0 Å². The van der Waals surface area contributed by atoms with Gasteiger partial charge in [0.15, 0.2) is 11.5 Å². The second kappa shape index (κ2) is 7.07. The summed E-state index contributed by atoms with van der Waals surface area (Å²) in [6.45, 7) is 4.74. The van der Waals surface area contributed by atoms with Gasteiger partial charge in [0.05, 0.1) is 11.6 Å². The van der Waals surface area contributed by atoms with Crippen molar-refractivity contribution in [2.45, 2.75) is 25.8 Å². The van der Waals surface area contributed by atoms with E-state index >= 15 is 0 Å². The number of nitrogens with zero attached hydrogens (tertiary/aromatic N) is 2. The maximum atomic E-state index is 12.5. The first kappa shape index (κ1) is 17.2. The highest BCUT2D eigenvalue weighted by atomic mass is 79.9. The van der Waals surface area contributed by atoms with Gasteiger partial charge in [0.1, 0.15) is 0 Å². The van der Waals surface area contributed by atoms with Crippen molar-refractivity contribution in [1.29, 1.82) is 0 Å². The minimum Gasteiger partial charge on any atom is -0.503 e. The average Bonchev–Trinajstić information content (AvgIpc) is 3.13. The number of benzene rings is 1. The normalized spacial score (nSPS) is 21.8. The lowest BCUT2D eigenvalue weighted by Crippen LogP contribution is -2.37. The van der Waals surface area contributed by atoms with Crippen LogP contribution >= 0.6 is 15.9 Å². The fourth-order valence-electron chi connectivity index (χ4n) is 3.52. The molecule has 0 saturated carbocycles. The number of rotatable bonds is 5. The molecule has 0 spiro atoms. The van der Waals surface area contributed by atoms with E-state index in [1.54, 1.807) is 4.90 Å². The Balaban J connectivity index is 1.90. The molecule has 1 aromatic carbocycles. The molecule has 0 aromatic heterocycles. The second-order valence-corrected chi connectivity index (χ2v) is 7.24. The number of hydrogen-bond donors (Lipinski definition) is 1. The highest BCUT2D eigenvalue weighted by Gasteiger charge is 2.42. The summed E-state index contributed by atoms with van der Waals surface area (Å²) in [6, 6.07) is 7.02. The summed E-state index contributed by atoms with van der Waals surface area (Å²) in [5, 5.41) is 10.2. The van der Waals surface area contributed by atoms with Gasteiger partial charge in [-0.3, -0.25) is 9.59 Å². The number of hydrogen-bond acceptors (Lipinski definition) is 4. The molecule has 2 heterocycles. The van der Waals surface area contributed by atoms with Crippen LogP contribution in [0.25, 0.3) is 0 Å². The van der Waals surface area contributed by atoms with Crippen LogP contribution < -0.4 is 0 Å². The van der Waals surface area contributed by atoms with Crippen molar-refractivity contribution in [3.05, 3.63) is 45.6 Å². The van der Waals surface area contributed by atoms with E-state index in [1.165, 1.54) is 19.8 Å². The lowest BCUT2D eigenvalue weighted by atomic mass is 9.97. The van der Waals surface area contributed by atoms with Crippen LogP contribution in [0.5, 0.6) is 0 Å². The zero-order chi connectivity index (χ0) is 17.3. The van der Waals surface area contributed by atoms with E-state index in [0.29, 0.717) is 6.54 Å². The monoisotopic (exact) mass is 392 g/mol. The SMILES string of the molecule is CC(=O)C1=C(O)C(=O)N(CCN2CCCC2)C1c1cccc(Br)c1. The third-order valence-electron chi connectivity index (χ3n) is 4.70. The van der Waals surface area contributed by atoms with Crippen molar-refractivity contribution in [3.8, 4) is 0 Å². The Labute approximate surface area is 150 Å². The molecule has 0 radical (unpaired) electrons. The summed E-state index contributed by atoms with van der Waals surface area (Å²) >= 11 is 3.43. The Morgan fingerprint density at radius 2 is 2.00 bits per heavy atom. The van der Waals surface area contributed by atoms with Crippen molar-refractivity contribution >= 4 is 27.6 Å². The fourth-order valence-corrected chi connectivity index (χ4v) is 3.94. The molecule has 1 aromatic rings. The number of amides is 1. The first-order valence-corrected chi connectivity index (χ1v) is 9.01. The second-order valence-electron chi connectivity index (χ2n) is 6.32. The lowest BCUT2D eigenvalue weighted by Gasteiger charge is -2.28. The topological polar surface area (TPSA) is 60.9 Å². The number of carbonyl (C=O) groups excluding carboxylic acids is 2. The first-order valence-electron chi connectivity index (χ1n) is 8.22. The van der Waals surface area contributed by atoms with E-state index in [4.69, 9.17) is 0 Å². The minimum absolute atomic E-state index is 0.194. The van der Waals surface area contributed by atoms with Gasteiger partial charge >= 0.3 is 0 Å². The highest BCUT2D eigenvalue weighted by molar-refractivity contribution is 9.10. The summed E-state index contributed by atoms with van der Waals surface area (Å²) in [6.07, 6.45) is 2.37. The van der Waals surface area contributed by atoms with Crippen LogP contribution in [-0.4, -0.2) is 52.8 Å². The largest absolute Gasteiger partial charge is 0.503 e. The molecule has 2 aliphatic heterocycles. The molecule has 0 aliphatic carbocycles. The molecule has 5 nitrogen and oxygen atoms in total. The van der Waals surface area contributed by atoms with Crippen molar-refractivity contribution < 1.29 is 14.7 Å². The van der Waals surface area contributed by atoms with Gasteiger partial charge in [0.25, 0.3) is 5.91 Å². The van der Waals surface area contributed by atoms with Gasteiger partial charge < -0.3 is 14.9 Å². The molecule has 24 heavy (non-hydrogen) atoms. The predicted molar refractivity (Wildman–Crippen MR) is 94.6 cm³/mol. The van der Waals surface area contributed by atoms with E-state index in [-0.39, 0.29) is 11.4 Å². The van der Waals surface area contributed by atoms with Crippen LogP contribution in [0, 0.1) is 0 Å². The number of likely N-dealkylation sites (tertiary alicyclic amines) is 1. The van der Waals surface area contributed by atoms with Gasteiger partial charge in [-0.1, -0.05) is 28.1 Å². The molecule has 1 atom stereocenters. The van der Waals surface area contributed by atoms with Crippen LogP contribution in [0.3, 0.4) is 0 Å². The molecule has 2 aliphatic rings. The number of Topliss-reactive ketones (excluding diaryl/α,β-unsaturated/α-hetero) is 1. The molecule has 1 saturated heterocycles. The predicted octanol–water partition coefficient (Wildman–Crippen LogP) is 2.83. The van der Waals surface area contributed by atoms with Gasteiger partial charge in [-0.05, 0) is 50.6 Å². The average molecular weight is 393 g/mol. The zero-order valence-corrected chi connectivity index (χ0v) is 15.3. The van der Waals surface area contributed by atoms with Crippen molar-refractivity contribution in [2.75, 3.05) is 26.2 Å². The molecule has 1 fully saturated rings. The quantitative estimate of drug-likeness (QED) is 0.836. The van der Waals surface area contributed by atoms with Crippen LogP contribution in [0.1, 0.15) is 31.4 Å². The Morgan fingerprint density at radius 3 is 2.62 bits per heavy atom. The molecule has 3 rings (SSSR count). The van der Waals surface area contributed by atoms with Crippen LogP contribution in [0.15, 0.2) is 40.1 Å². The molecule has 6 heteroatoms. The van der Waals surface area contributed by atoms with E-state index in [9.17, 15) is 14.7 Å². The fraction of sp³-hybridized carbons (Fsp3) is 0.444. The highest BCUT2D eigenvalue weighted by Crippen LogP contribution is 2.38. The van der Waals surface area contributed by atoms with E-state index in [0.717, 1.165) is 29.7 Å². The summed E-state index contributed by atoms with van der Waals surface area (Å²) in [4.78, 5) is 28.5. The Hall–Kier alpha value is -1.66. The molecular formula is C18H21BrN2O3. The van der Waals surface area contributed by atoms with Gasteiger partial charge in [0, 0.05) is 17.6 Å². The number of ketones is 1. The number of aliphatic hydroxyl groups is 1. The number of halogens is 1. The molecule has 1 N–H and O–H groups in total. The van der Waals surface area contributed by atoms with Crippen LogP contribution in [0.2, 0.25) is 0 Å². The Kier molecular flexibility index (Phi) is 5.06. The Bertz CT molecular complexity index is 695. The number of carbonyl (C=O) groups is 2. The molecular weight excluding hydrogens is 372 g/mol. The smallest absolute Gasteiger partial charge is 0.290 e. The van der Waals surface area contributed by atoms with Gasteiger partial charge in [0.2, 0.25) is 0 Å². The van der Waals surface area contributed by atoms with E-state index < -0.39 is 17.7 Å². The van der Waals surface area contributed by atoms with E-state index in [1.807, 2.05) is 24.3 Å². The lowest BCUT2D eigenvalue weighted by molar-refractivity contribution is -0.129. The maximum absolute atomic E-state index is 12.5. The summed E-state index contributed by atoms with van der Waals surface area (Å²) < 4.78 is 0.876. The summed E-state index contributed by atoms with van der Waals surface area (Å²) in [7, 11) is 0. The molecule has 1 amide bonds. The molecule has 128 valence electrons. The standard InChI is InChI=1S/C18H21BrN2O3/c1-12(22)15-16(13-5-4-6-14(19)11-13)21(18(24)17(15)23)10-9-20-7-2-3-8-20/h4-6,11,16,23H,2-3,7-10H2,1H3. The number of aliphatic hydroxyl groups excluding tert-OH is 1. The third kappa shape index (κ3) is 3.26. The third-order valence-corrected chi connectivity index (χ3v) is 5.20. The van der Waals surface area contributed by atoms with Gasteiger partial charge in [-0.25, -0.2) is 0 Å². The molecule has 0 bridgehead atoms. The van der Waals surface area contributed by atoms with Gasteiger partial charge in [-0.15, -0.1) is 0 Å². The van der Waals surface area contributed by atoms with Crippen LogP contribution in [-0.2, 0) is 9.59 Å². The summed E-state index contributed by atoms with van der Waals surface area (Å²) in [5.74, 6) is -1.13. The van der Waals surface area contributed by atoms with Crippen molar-refractivity contribution in [3.63, 3.8) is 0 Å².